The van der Waals surface area contributed by atoms with E-state index in [1.54, 1.807) is 31.4 Å². The minimum Gasteiger partial charge on any atom is -0.443 e. The largest absolute Gasteiger partial charge is 0.443 e. The van der Waals surface area contributed by atoms with Gasteiger partial charge in [0.25, 0.3) is 0 Å². The standard InChI is InChI=1S/C15H17N7O3.C10H11N5O/c1-15(2,3)25-14(24)21(10-4-5-10)12-6-11(19-20-16)18-13-9(8-23)7-17-22(12)13;11-8-3-9(13-7-1-2-7)15-10(14-8)6(5-16)4-12-15/h6-8,10H,4-5H2,1-3H3;3-5,7,13H,1-2H2,(H2,11,14). The second-order valence-corrected chi connectivity index (χ2v) is 10.6. The lowest BCUT2D eigenvalue weighted by Crippen LogP contribution is -2.39. The number of ether oxygens (including phenoxy) is 1. The molecule has 0 unspecified atom stereocenters. The molecule has 2 saturated carbocycles. The van der Waals surface area contributed by atoms with E-state index in [1.807, 2.05) is 0 Å². The Morgan fingerprint density at radius 1 is 1.10 bits per heavy atom. The zero-order chi connectivity index (χ0) is 29.3. The number of carbonyl (C=O) groups excluding carboxylic acids is 3. The van der Waals surface area contributed by atoms with Crippen LogP contribution in [0, 0.1) is 0 Å². The molecule has 16 heteroatoms. The molecule has 2 fully saturated rings. The van der Waals surface area contributed by atoms with Gasteiger partial charge in [0.15, 0.2) is 23.9 Å². The highest BCUT2D eigenvalue weighted by Gasteiger charge is 2.38. The minimum absolute atomic E-state index is 0.0387. The molecule has 0 radical (unpaired) electrons. The third kappa shape index (κ3) is 6.01. The van der Waals surface area contributed by atoms with E-state index in [1.165, 1.54) is 27.9 Å². The number of amides is 1. The lowest BCUT2D eigenvalue weighted by Gasteiger charge is -2.27. The fourth-order valence-electron chi connectivity index (χ4n) is 4.00. The Hall–Kier alpha value is -5.24. The van der Waals surface area contributed by atoms with Crippen molar-refractivity contribution >= 4 is 53.2 Å². The molecule has 4 heterocycles. The predicted octanol–water partition coefficient (Wildman–Crippen LogP) is 4.09. The van der Waals surface area contributed by atoms with Crippen LogP contribution in [0.3, 0.4) is 0 Å². The molecule has 41 heavy (non-hydrogen) atoms. The van der Waals surface area contributed by atoms with Gasteiger partial charge in [0.1, 0.15) is 28.9 Å². The number of nitrogens with two attached hydrogens (primary N) is 1. The first-order valence-corrected chi connectivity index (χ1v) is 12.9. The summed E-state index contributed by atoms with van der Waals surface area (Å²) in [5, 5.41) is 15.1. The van der Waals surface area contributed by atoms with Crippen LogP contribution in [0.4, 0.5) is 28.1 Å². The van der Waals surface area contributed by atoms with Gasteiger partial charge in [-0.15, -0.1) is 0 Å². The maximum absolute atomic E-state index is 12.7. The molecule has 4 aromatic rings. The van der Waals surface area contributed by atoms with Crippen LogP contribution in [-0.2, 0) is 4.74 Å². The number of anilines is 3. The molecule has 0 aliphatic heterocycles. The number of hydrogen-bond acceptors (Lipinski definition) is 11. The van der Waals surface area contributed by atoms with Crippen LogP contribution in [0.25, 0.3) is 21.7 Å². The molecule has 0 saturated heterocycles. The van der Waals surface area contributed by atoms with Gasteiger partial charge in [-0.05, 0) is 57.1 Å². The van der Waals surface area contributed by atoms with Crippen molar-refractivity contribution in [3.63, 3.8) is 0 Å². The van der Waals surface area contributed by atoms with Crippen LogP contribution in [-0.4, -0.2) is 65.5 Å². The van der Waals surface area contributed by atoms with E-state index in [4.69, 9.17) is 16.0 Å². The first-order valence-electron chi connectivity index (χ1n) is 12.9. The molecule has 16 nitrogen and oxygen atoms in total. The number of azide groups is 1. The zero-order valence-corrected chi connectivity index (χ0v) is 22.6. The van der Waals surface area contributed by atoms with Gasteiger partial charge in [-0.2, -0.15) is 19.2 Å². The monoisotopic (exact) mass is 560 g/mol. The van der Waals surface area contributed by atoms with Gasteiger partial charge in [-0.1, -0.05) is 0 Å². The Bertz CT molecular complexity index is 1690. The summed E-state index contributed by atoms with van der Waals surface area (Å²) in [6.45, 7) is 5.34. The average Bonchev–Trinajstić information content (AvgIpc) is 3.83. The van der Waals surface area contributed by atoms with Crippen LogP contribution in [0.15, 0.2) is 29.6 Å². The summed E-state index contributed by atoms with van der Waals surface area (Å²) in [5.74, 6) is 1.57. The highest BCUT2D eigenvalue weighted by molar-refractivity contribution is 5.91. The fraction of sp³-hybridized carbons (Fsp3) is 0.400. The number of carbonyl (C=O) groups is 3. The van der Waals surface area contributed by atoms with Gasteiger partial charge in [0, 0.05) is 29.1 Å². The first-order chi connectivity index (χ1) is 19.6. The van der Waals surface area contributed by atoms with Crippen molar-refractivity contribution in [2.75, 3.05) is 16.0 Å². The Morgan fingerprint density at radius 2 is 1.73 bits per heavy atom. The number of fused-ring (bicyclic) bond motifs is 2. The van der Waals surface area contributed by atoms with Crippen molar-refractivity contribution in [3.8, 4) is 0 Å². The summed E-state index contributed by atoms with van der Waals surface area (Å²) in [7, 11) is 0. The summed E-state index contributed by atoms with van der Waals surface area (Å²) < 4.78 is 8.48. The van der Waals surface area contributed by atoms with E-state index < -0.39 is 11.7 Å². The van der Waals surface area contributed by atoms with E-state index in [0.717, 1.165) is 37.8 Å². The van der Waals surface area contributed by atoms with Crippen molar-refractivity contribution in [2.24, 2.45) is 5.11 Å². The Kier molecular flexibility index (Phi) is 7.15. The molecule has 6 rings (SSSR count). The smallest absolute Gasteiger partial charge is 0.416 e. The van der Waals surface area contributed by atoms with Crippen molar-refractivity contribution in [2.45, 2.75) is 64.1 Å². The molecular formula is C25H28N12O4. The molecule has 212 valence electrons. The normalized spacial score (nSPS) is 14.5. The third-order valence-corrected chi connectivity index (χ3v) is 6.07. The Morgan fingerprint density at radius 3 is 2.29 bits per heavy atom. The van der Waals surface area contributed by atoms with E-state index in [9.17, 15) is 14.4 Å². The highest BCUT2D eigenvalue weighted by atomic mass is 16.6. The lowest BCUT2D eigenvalue weighted by molar-refractivity contribution is 0.0575. The van der Waals surface area contributed by atoms with Gasteiger partial charge >= 0.3 is 6.09 Å². The van der Waals surface area contributed by atoms with Gasteiger partial charge in [0.2, 0.25) is 0 Å². The maximum atomic E-state index is 12.7. The molecule has 0 atom stereocenters. The maximum Gasteiger partial charge on any atom is 0.416 e. The topological polar surface area (TPSA) is 211 Å². The Balaban J connectivity index is 0.000000181. The minimum atomic E-state index is -0.665. The number of hydrogen-bond donors (Lipinski definition) is 2. The number of nitrogen functional groups attached to an aromatic ring is 1. The highest BCUT2D eigenvalue weighted by Crippen LogP contribution is 2.35. The van der Waals surface area contributed by atoms with Gasteiger partial charge in [-0.3, -0.25) is 14.5 Å². The van der Waals surface area contributed by atoms with E-state index in [2.05, 4.69) is 35.5 Å². The fourth-order valence-corrected chi connectivity index (χ4v) is 4.00. The second kappa shape index (κ2) is 10.7. The van der Waals surface area contributed by atoms with Crippen molar-refractivity contribution < 1.29 is 19.1 Å². The number of aldehydes is 2. The number of nitrogens with one attached hydrogen (secondary N) is 1. The van der Waals surface area contributed by atoms with E-state index >= 15 is 0 Å². The molecule has 0 spiro atoms. The van der Waals surface area contributed by atoms with E-state index in [0.29, 0.717) is 35.2 Å². The number of aromatic nitrogens is 6. The average molecular weight is 561 g/mol. The molecule has 2 aliphatic carbocycles. The molecular weight excluding hydrogens is 532 g/mol. The van der Waals surface area contributed by atoms with Crippen LogP contribution >= 0.6 is 0 Å². The summed E-state index contributed by atoms with van der Waals surface area (Å²) in [4.78, 5) is 47.1. The van der Waals surface area contributed by atoms with Crippen molar-refractivity contribution in [3.05, 3.63) is 46.1 Å². The van der Waals surface area contributed by atoms with Crippen molar-refractivity contribution in [1.29, 1.82) is 0 Å². The molecule has 1 amide bonds. The summed E-state index contributed by atoms with van der Waals surface area (Å²) in [5.41, 5.74) is 15.1. The van der Waals surface area contributed by atoms with Crippen LogP contribution in [0.5, 0.6) is 0 Å². The molecule has 4 aromatic heterocycles. The van der Waals surface area contributed by atoms with Gasteiger partial charge in [-0.25, -0.2) is 14.8 Å². The predicted molar refractivity (Wildman–Crippen MR) is 148 cm³/mol. The second-order valence-electron chi connectivity index (χ2n) is 10.6. The quantitative estimate of drug-likeness (QED) is 0.143. The zero-order valence-electron chi connectivity index (χ0n) is 22.6. The first kappa shape index (κ1) is 27.3. The Labute approximate surface area is 233 Å². The summed E-state index contributed by atoms with van der Waals surface area (Å²) in [6, 6.07) is 3.64. The number of nitrogens with zero attached hydrogens (tertiary/aromatic N) is 10. The van der Waals surface area contributed by atoms with Gasteiger partial charge in [0.05, 0.1) is 23.5 Å². The summed E-state index contributed by atoms with van der Waals surface area (Å²) in [6.07, 6.45) is 7.60. The van der Waals surface area contributed by atoms with Crippen molar-refractivity contribution in [1.82, 2.24) is 29.2 Å². The lowest BCUT2D eigenvalue weighted by atomic mass is 10.2. The van der Waals surface area contributed by atoms with E-state index in [-0.39, 0.29) is 23.1 Å². The van der Waals surface area contributed by atoms with Crippen LogP contribution in [0.1, 0.15) is 67.2 Å². The third-order valence-electron chi connectivity index (χ3n) is 6.07. The van der Waals surface area contributed by atoms with Crippen LogP contribution in [0.2, 0.25) is 0 Å². The molecule has 0 aromatic carbocycles. The molecule has 2 aliphatic rings. The molecule has 0 bridgehead atoms. The summed E-state index contributed by atoms with van der Waals surface area (Å²) >= 11 is 0. The SMILES string of the molecule is CC(C)(C)OC(=O)N(c1cc(N=[N+]=[N-])nc2c(C=O)cnn12)C1CC1.Nc1cc(NC2CC2)n2ncc(C=O)c2n1. The van der Waals surface area contributed by atoms with Crippen LogP contribution < -0.4 is 16.0 Å². The molecule has 3 N–H and O–H groups in total. The van der Waals surface area contributed by atoms with Gasteiger partial charge < -0.3 is 15.8 Å². The number of rotatable bonds is 7.